The third-order valence-electron chi connectivity index (χ3n) is 4.45. The van der Waals surface area contributed by atoms with Crippen LogP contribution in [0.1, 0.15) is 36.4 Å². The lowest BCUT2D eigenvalue weighted by molar-refractivity contribution is -0.123. The highest BCUT2D eigenvalue weighted by molar-refractivity contribution is 5.77. The van der Waals surface area contributed by atoms with Crippen molar-refractivity contribution in [1.82, 2.24) is 10.6 Å². The Hall–Kier alpha value is -1.39. The summed E-state index contributed by atoms with van der Waals surface area (Å²) < 4.78 is 0. The molecule has 20 heavy (non-hydrogen) atoms. The van der Waals surface area contributed by atoms with E-state index in [1.54, 1.807) is 0 Å². The summed E-state index contributed by atoms with van der Waals surface area (Å²) in [6.45, 7) is 2.01. The van der Waals surface area contributed by atoms with Crippen LogP contribution in [0.3, 0.4) is 0 Å². The monoisotopic (exact) mass is 274 g/mol. The van der Waals surface area contributed by atoms with E-state index in [4.69, 9.17) is 0 Å². The predicted octanol–water partition coefficient (Wildman–Crippen LogP) is 1.15. The molecule has 3 rings (SSSR count). The van der Waals surface area contributed by atoms with Crippen LogP contribution < -0.4 is 10.6 Å². The summed E-state index contributed by atoms with van der Waals surface area (Å²) in [5.74, 6) is 0.544. The van der Waals surface area contributed by atoms with Gasteiger partial charge in [0.05, 0.1) is 12.1 Å². The number of aliphatic hydroxyl groups is 1. The maximum Gasteiger partial charge on any atom is 0.220 e. The van der Waals surface area contributed by atoms with E-state index in [0.717, 1.165) is 37.1 Å². The van der Waals surface area contributed by atoms with Crippen LogP contribution >= 0.6 is 0 Å². The first-order valence-electron chi connectivity index (χ1n) is 7.50. The van der Waals surface area contributed by atoms with E-state index in [2.05, 4.69) is 10.6 Å². The lowest BCUT2D eigenvalue weighted by Crippen LogP contribution is -2.36. The van der Waals surface area contributed by atoms with Crippen molar-refractivity contribution in [3.63, 3.8) is 0 Å². The first kappa shape index (κ1) is 13.6. The number of piperidine rings is 1. The Balaban J connectivity index is 1.61. The molecule has 108 valence electrons. The van der Waals surface area contributed by atoms with E-state index in [9.17, 15) is 9.90 Å². The van der Waals surface area contributed by atoms with Crippen molar-refractivity contribution in [3.8, 4) is 0 Å². The molecular formula is C16H22N2O2. The molecule has 1 amide bonds. The maximum atomic E-state index is 12.2. The van der Waals surface area contributed by atoms with Crippen LogP contribution in [0.25, 0.3) is 0 Å². The highest BCUT2D eigenvalue weighted by atomic mass is 16.3. The molecule has 1 aromatic rings. The number of carbonyl (C=O) groups excluding carboxylic acids is 1. The zero-order valence-corrected chi connectivity index (χ0v) is 11.6. The van der Waals surface area contributed by atoms with Gasteiger partial charge in [0.15, 0.2) is 0 Å². The number of carbonyl (C=O) groups is 1. The molecule has 1 aromatic carbocycles. The van der Waals surface area contributed by atoms with Gasteiger partial charge in [0.1, 0.15) is 0 Å². The Kier molecular flexibility index (Phi) is 4.03. The van der Waals surface area contributed by atoms with Gasteiger partial charge in [-0.15, -0.1) is 0 Å². The maximum absolute atomic E-state index is 12.2. The van der Waals surface area contributed by atoms with Gasteiger partial charge < -0.3 is 15.7 Å². The van der Waals surface area contributed by atoms with Crippen molar-refractivity contribution in [2.24, 2.45) is 5.92 Å². The Morgan fingerprint density at radius 1 is 1.30 bits per heavy atom. The average Bonchev–Trinajstić information content (AvgIpc) is 2.76. The molecule has 0 spiro atoms. The molecule has 1 aliphatic heterocycles. The number of nitrogens with one attached hydrogen (secondary N) is 2. The molecule has 1 heterocycles. The fraction of sp³-hybridized carbons (Fsp3) is 0.562. The largest absolute Gasteiger partial charge is 0.390 e. The molecule has 4 nitrogen and oxygen atoms in total. The van der Waals surface area contributed by atoms with E-state index >= 15 is 0 Å². The molecular weight excluding hydrogens is 252 g/mol. The standard InChI is InChI=1S/C16H22N2O2/c19-14-10-12-3-1-2-4-13(12)16(14)18-15(20)9-11-5-7-17-8-6-11/h1-4,11,14,16-17,19H,5-10H2,(H,18,20)/t14-,16+/m1/s1. The quantitative estimate of drug-likeness (QED) is 0.775. The normalized spacial score (nSPS) is 26.2. The number of hydrogen-bond acceptors (Lipinski definition) is 3. The first-order valence-corrected chi connectivity index (χ1v) is 7.50. The summed E-state index contributed by atoms with van der Waals surface area (Å²) in [6, 6.07) is 7.73. The zero-order chi connectivity index (χ0) is 13.9. The van der Waals surface area contributed by atoms with E-state index in [0.29, 0.717) is 18.8 Å². The predicted molar refractivity (Wildman–Crippen MR) is 77.2 cm³/mol. The summed E-state index contributed by atoms with van der Waals surface area (Å²) >= 11 is 0. The molecule has 0 aromatic heterocycles. The molecule has 1 fully saturated rings. The SMILES string of the molecule is O=C(CC1CCNCC1)N[C@H]1c2ccccc2C[C@H]1O. The van der Waals surface area contributed by atoms with Crippen LogP contribution in [0, 0.1) is 5.92 Å². The van der Waals surface area contributed by atoms with Crippen molar-refractivity contribution < 1.29 is 9.90 Å². The first-order chi connectivity index (χ1) is 9.74. The summed E-state index contributed by atoms with van der Waals surface area (Å²) in [4.78, 5) is 12.2. The molecule has 0 radical (unpaired) electrons. The second kappa shape index (κ2) is 5.94. The Morgan fingerprint density at radius 3 is 2.85 bits per heavy atom. The van der Waals surface area contributed by atoms with Crippen molar-refractivity contribution in [3.05, 3.63) is 35.4 Å². The van der Waals surface area contributed by atoms with E-state index in [1.807, 2.05) is 24.3 Å². The summed E-state index contributed by atoms with van der Waals surface area (Å²) in [5, 5.41) is 16.5. The van der Waals surface area contributed by atoms with Gasteiger partial charge in [-0.25, -0.2) is 0 Å². The smallest absolute Gasteiger partial charge is 0.220 e. The summed E-state index contributed by atoms with van der Waals surface area (Å²) in [6.07, 6.45) is 2.85. The van der Waals surface area contributed by atoms with Gasteiger partial charge in [0.2, 0.25) is 5.91 Å². The minimum absolute atomic E-state index is 0.0673. The van der Waals surface area contributed by atoms with Crippen LogP contribution in [-0.4, -0.2) is 30.2 Å². The molecule has 1 aliphatic carbocycles. The Labute approximate surface area is 119 Å². The van der Waals surface area contributed by atoms with Crippen LogP contribution in [0.2, 0.25) is 0 Å². The van der Waals surface area contributed by atoms with Gasteiger partial charge in [0, 0.05) is 12.8 Å². The summed E-state index contributed by atoms with van der Waals surface area (Å²) in [5.41, 5.74) is 2.21. The molecule has 2 aliphatic rings. The topological polar surface area (TPSA) is 61.4 Å². The molecule has 4 heteroatoms. The second-order valence-corrected chi connectivity index (χ2v) is 5.91. The number of hydrogen-bond donors (Lipinski definition) is 3. The molecule has 0 unspecified atom stereocenters. The molecule has 0 bridgehead atoms. The number of amides is 1. The fourth-order valence-corrected chi connectivity index (χ4v) is 3.33. The van der Waals surface area contributed by atoms with Gasteiger partial charge in [-0.05, 0) is 43.0 Å². The summed E-state index contributed by atoms with van der Waals surface area (Å²) in [7, 11) is 0. The number of benzene rings is 1. The third-order valence-corrected chi connectivity index (χ3v) is 4.45. The van der Waals surface area contributed by atoms with Gasteiger partial charge in [-0.2, -0.15) is 0 Å². The van der Waals surface area contributed by atoms with Crippen molar-refractivity contribution in [2.75, 3.05) is 13.1 Å². The van der Waals surface area contributed by atoms with E-state index in [1.165, 1.54) is 0 Å². The van der Waals surface area contributed by atoms with Gasteiger partial charge >= 0.3 is 0 Å². The van der Waals surface area contributed by atoms with Crippen molar-refractivity contribution in [1.29, 1.82) is 0 Å². The minimum Gasteiger partial charge on any atom is -0.390 e. The molecule has 2 atom stereocenters. The van der Waals surface area contributed by atoms with Gasteiger partial charge in [0.25, 0.3) is 0 Å². The number of rotatable bonds is 3. The number of fused-ring (bicyclic) bond motifs is 1. The van der Waals surface area contributed by atoms with E-state index in [-0.39, 0.29) is 11.9 Å². The lowest BCUT2D eigenvalue weighted by Gasteiger charge is -2.24. The molecule has 1 saturated heterocycles. The van der Waals surface area contributed by atoms with Gasteiger partial charge in [-0.1, -0.05) is 24.3 Å². The van der Waals surface area contributed by atoms with Gasteiger partial charge in [-0.3, -0.25) is 4.79 Å². The number of aliphatic hydroxyl groups excluding tert-OH is 1. The second-order valence-electron chi connectivity index (χ2n) is 5.91. The zero-order valence-electron chi connectivity index (χ0n) is 11.6. The fourth-order valence-electron chi connectivity index (χ4n) is 3.33. The van der Waals surface area contributed by atoms with Crippen LogP contribution in [0.5, 0.6) is 0 Å². The molecule has 0 saturated carbocycles. The third kappa shape index (κ3) is 2.86. The Bertz CT molecular complexity index is 483. The highest BCUT2D eigenvalue weighted by Gasteiger charge is 2.32. The van der Waals surface area contributed by atoms with Crippen molar-refractivity contribution in [2.45, 2.75) is 37.8 Å². The highest BCUT2D eigenvalue weighted by Crippen LogP contribution is 2.31. The lowest BCUT2D eigenvalue weighted by atomic mass is 9.94. The molecule has 3 N–H and O–H groups in total. The Morgan fingerprint density at radius 2 is 2.05 bits per heavy atom. The average molecular weight is 274 g/mol. The van der Waals surface area contributed by atoms with Crippen LogP contribution in [0.4, 0.5) is 0 Å². The van der Waals surface area contributed by atoms with Crippen molar-refractivity contribution >= 4 is 5.91 Å². The van der Waals surface area contributed by atoms with Crippen LogP contribution in [-0.2, 0) is 11.2 Å². The van der Waals surface area contributed by atoms with Crippen LogP contribution in [0.15, 0.2) is 24.3 Å². The minimum atomic E-state index is -0.496. The van der Waals surface area contributed by atoms with E-state index < -0.39 is 6.10 Å².